The highest BCUT2D eigenvalue weighted by molar-refractivity contribution is 6.33. The number of hydrogen-bond acceptors (Lipinski definition) is 4. The van der Waals surface area contributed by atoms with Crippen molar-refractivity contribution in [2.24, 2.45) is 0 Å². The van der Waals surface area contributed by atoms with Crippen molar-refractivity contribution in [2.75, 3.05) is 13.1 Å². The van der Waals surface area contributed by atoms with Gasteiger partial charge in [0.25, 0.3) is 5.91 Å². The summed E-state index contributed by atoms with van der Waals surface area (Å²) in [6.45, 7) is 0.183. The van der Waals surface area contributed by atoms with Gasteiger partial charge < -0.3 is 14.4 Å². The lowest BCUT2D eigenvalue weighted by Gasteiger charge is -2.23. The quantitative estimate of drug-likeness (QED) is 0.452. The molecule has 4 heterocycles. The average Bonchev–Trinajstić information content (AvgIpc) is 3.53. The van der Waals surface area contributed by atoms with Gasteiger partial charge in [0.2, 0.25) is 0 Å². The van der Waals surface area contributed by atoms with E-state index in [0.717, 1.165) is 10.5 Å². The number of alkyl halides is 3. The molecule has 1 atom stereocenters. The Hall–Kier alpha value is -3.30. The Morgan fingerprint density at radius 2 is 1.94 bits per heavy atom. The number of carbonyl (C=O) groups is 1. The Morgan fingerprint density at radius 3 is 2.61 bits per heavy atom. The molecule has 1 unspecified atom stereocenters. The summed E-state index contributed by atoms with van der Waals surface area (Å²) in [5.74, 6) is -0.434. The van der Waals surface area contributed by atoms with Crippen LogP contribution in [-0.2, 0) is 11.8 Å². The molecule has 1 N–H and O–H groups in total. The molecule has 1 saturated heterocycles. The third kappa shape index (κ3) is 3.67. The lowest BCUT2D eigenvalue weighted by atomic mass is 9.93. The number of β-amino-alcohol motifs (C(OH)–C–C–N with tert-alkyl or cyclic N) is 1. The van der Waals surface area contributed by atoms with E-state index >= 15 is 0 Å². The van der Waals surface area contributed by atoms with E-state index in [1.54, 1.807) is 30.3 Å². The molecular weight excluding hydrogens is 459 g/mol. The number of amides is 1. The summed E-state index contributed by atoms with van der Waals surface area (Å²) >= 11 is 6.37. The van der Waals surface area contributed by atoms with Crippen molar-refractivity contribution in [3.63, 3.8) is 0 Å². The SMILES string of the molecule is O=C(c1nc2c(C(F)(F)F)cc(-c3ccco3)cn2c1Cl)N1CCC(O)(c2ccccc2)C1. The topological polar surface area (TPSA) is 71.0 Å². The fourth-order valence-electron chi connectivity index (χ4n) is 4.14. The van der Waals surface area contributed by atoms with E-state index in [9.17, 15) is 23.1 Å². The molecule has 0 spiro atoms. The molecule has 3 aromatic heterocycles. The van der Waals surface area contributed by atoms with E-state index in [-0.39, 0.29) is 41.7 Å². The van der Waals surface area contributed by atoms with Gasteiger partial charge in [0.1, 0.15) is 16.5 Å². The summed E-state index contributed by atoms with van der Waals surface area (Å²) in [6.07, 6.45) is -1.76. The average molecular weight is 476 g/mol. The zero-order valence-corrected chi connectivity index (χ0v) is 17.8. The molecule has 0 aliphatic carbocycles. The van der Waals surface area contributed by atoms with Crippen molar-refractivity contribution in [1.82, 2.24) is 14.3 Å². The molecule has 33 heavy (non-hydrogen) atoms. The van der Waals surface area contributed by atoms with Crippen molar-refractivity contribution < 1.29 is 27.5 Å². The highest BCUT2D eigenvalue weighted by Gasteiger charge is 2.42. The van der Waals surface area contributed by atoms with E-state index in [1.807, 2.05) is 6.07 Å². The van der Waals surface area contributed by atoms with Gasteiger partial charge in [-0.05, 0) is 30.2 Å². The second kappa shape index (κ2) is 7.64. The van der Waals surface area contributed by atoms with Crippen LogP contribution in [-0.4, -0.2) is 38.4 Å². The fourth-order valence-corrected chi connectivity index (χ4v) is 4.39. The van der Waals surface area contributed by atoms with Crippen LogP contribution in [0.2, 0.25) is 5.15 Å². The van der Waals surface area contributed by atoms with Gasteiger partial charge in [-0.2, -0.15) is 13.2 Å². The Morgan fingerprint density at radius 1 is 1.18 bits per heavy atom. The molecule has 1 aliphatic rings. The van der Waals surface area contributed by atoms with Crippen LogP contribution in [0.25, 0.3) is 17.0 Å². The summed E-state index contributed by atoms with van der Waals surface area (Å²) in [7, 11) is 0. The largest absolute Gasteiger partial charge is 0.464 e. The first-order chi connectivity index (χ1) is 15.7. The normalized spacial score (nSPS) is 18.9. The zero-order valence-electron chi connectivity index (χ0n) is 17.0. The first kappa shape index (κ1) is 21.5. The number of likely N-dealkylation sites (tertiary alicyclic amines) is 1. The van der Waals surface area contributed by atoms with Crippen molar-refractivity contribution in [3.8, 4) is 11.3 Å². The predicted octanol–water partition coefficient (Wildman–Crippen LogP) is 5.00. The molecule has 0 bridgehead atoms. The summed E-state index contributed by atoms with van der Waals surface area (Å²) in [6, 6.07) is 12.9. The molecule has 0 radical (unpaired) electrons. The van der Waals surface area contributed by atoms with Crippen molar-refractivity contribution in [1.29, 1.82) is 0 Å². The highest BCUT2D eigenvalue weighted by Crippen LogP contribution is 2.38. The van der Waals surface area contributed by atoms with E-state index in [1.165, 1.54) is 23.4 Å². The number of fused-ring (bicyclic) bond motifs is 1. The minimum atomic E-state index is -4.74. The maximum Gasteiger partial charge on any atom is 0.420 e. The fraction of sp³-hybridized carbons (Fsp3) is 0.217. The van der Waals surface area contributed by atoms with Crippen molar-refractivity contribution in [2.45, 2.75) is 18.2 Å². The van der Waals surface area contributed by atoms with Crippen LogP contribution < -0.4 is 0 Å². The van der Waals surface area contributed by atoms with Crippen LogP contribution in [0, 0.1) is 0 Å². The molecule has 1 amide bonds. The number of halogens is 4. The van der Waals surface area contributed by atoms with Gasteiger partial charge in [0, 0.05) is 18.3 Å². The third-order valence-electron chi connectivity index (χ3n) is 5.82. The Kier molecular flexibility index (Phi) is 4.98. The third-order valence-corrected chi connectivity index (χ3v) is 6.18. The van der Waals surface area contributed by atoms with E-state index < -0.39 is 28.9 Å². The van der Waals surface area contributed by atoms with Crippen molar-refractivity contribution in [3.05, 3.63) is 83.0 Å². The maximum absolute atomic E-state index is 13.8. The summed E-state index contributed by atoms with van der Waals surface area (Å²) in [5, 5.41) is 10.8. The number of rotatable bonds is 3. The lowest BCUT2D eigenvalue weighted by molar-refractivity contribution is -0.136. The van der Waals surface area contributed by atoms with Gasteiger partial charge in [-0.15, -0.1) is 0 Å². The number of carbonyl (C=O) groups excluding carboxylic acids is 1. The van der Waals surface area contributed by atoms with Gasteiger partial charge in [-0.3, -0.25) is 9.20 Å². The molecule has 6 nitrogen and oxygen atoms in total. The van der Waals surface area contributed by atoms with Gasteiger partial charge >= 0.3 is 6.18 Å². The standard InChI is InChI=1S/C23H17ClF3N3O3/c24-19-18(21(31)29-9-8-22(32,13-29)15-5-2-1-3-6-15)28-20-16(23(25,26)27)11-14(12-30(19)20)17-7-4-10-33-17/h1-7,10-12,32H,8-9,13H2. The Labute approximate surface area is 190 Å². The zero-order chi connectivity index (χ0) is 23.4. The summed E-state index contributed by atoms with van der Waals surface area (Å²) in [5.41, 5.74) is -2.30. The lowest BCUT2D eigenvalue weighted by Crippen LogP contribution is -2.34. The van der Waals surface area contributed by atoms with Gasteiger partial charge in [-0.25, -0.2) is 4.98 Å². The molecule has 1 aromatic carbocycles. The first-order valence-electron chi connectivity index (χ1n) is 10.1. The minimum absolute atomic E-state index is 0.0240. The van der Waals surface area contributed by atoms with E-state index in [2.05, 4.69) is 4.98 Å². The number of hydrogen-bond donors (Lipinski definition) is 1. The van der Waals surface area contributed by atoms with Crippen LogP contribution in [0.4, 0.5) is 13.2 Å². The first-order valence-corrected chi connectivity index (χ1v) is 10.4. The molecule has 0 saturated carbocycles. The predicted molar refractivity (Wildman–Crippen MR) is 114 cm³/mol. The number of benzene rings is 1. The van der Waals surface area contributed by atoms with Crippen LogP contribution >= 0.6 is 11.6 Å². The maximum atomic E-state index is 13.8. The van der Waals surface area contributed by atoms with Gasteiger partial charge in [0.15, 0.2) is 11.3 Å². The number of aromatic nitrogens is 2. The molecular formula is C23H17ClF3N3O3. The van der Waals surface area contributed by atoms with Crippen molar-refractivity contribution >= 4 is 23.2 Å². The second-order valence-corrected chi connectivity index (χ2v) is 8.29. The molecule has 1 aliphatic heterocycles. The molecule has 5 rings (SSSR count). The van der Waals surface area contributed by atoms with Gasteiger partial charge in [0.05, 0.1) is 18.4 Å². The number of furan rings is 1. The smallest absolute Gasteiger partial charge is 0.420 e. The highest BCUT2D eigenvalue weighted by atomic mass is 35.5. The summed E-state index contributed by atoms with van der Waals surface area (Å²) in [4.78, 5) is 18.5. The van der Waals surface area contributed by atoms with Crippen LogP contribution in [0.15, 0.2) is 65.4 Å². The van der Waals surface area contributed by atoms with E-state index in [0.29, 0.717) is 5.56 Å². The molecule has 170 valence electrons. The number of nitrogens with zero attached hydrogens (tertiary/aromatic N) is 3. The van der Waals surface area contributed by atoms with E-state index in [4.69, 9.17) is 16.0 Å². The van der Waals surface area contributed by atoms with Crippen LogP contribution in [0.3, 0.4) is 0 Å². The number of aliphatic hydroxyl groups is 1. The Bertz CT molecular complexity index is 1340. The summed E-state index contributed by atoms with van der Waals surface area (Å²) < 4.78 is 47.7. The van der Waals surface area contributed by atoms with Crippen LogP contribution in [0.5, 0.6) is 0 Å². The Balaban J connectivity index is 1.55. The minimum Gasteiger partial charge on any atom is -0.464 e. The molecule has 4 aromatic rings. The van der Waals surface area contributed by atoms with Gasteiger partial charge in [-0.1, -0.05) is 41.9 Å². The molecule has 1 fully saturated rings. The molecule has 10 heteroatoms. The van der Waals surface area contributed by atoms with Crippen LogP contribution in [0.1, 0.15) is 28.0 Å². The second-order valence-electron chi connectivity index (χ2n) is 7.94. The number of imidazole rings is 1. The number of pyridine rings is 1. The monoisotopic (exact) mass is 475 g/mol.